The van der Waals surface area contributed by atoms with E-state index in [1.807, 2.05) is 0 Å². The molecule has 1 radical (unpaired) electrons. The smallest absolute Gasteiger partial charge is 0.406 e. The van der Waals surface area contributed by atoms with Gasteiger partial charge in [0.2, 0.25) is 5.13 Å². The van der Waals surface area contributed by atoms with Crippen LogP contribution in [-0.2, 0) is 0 Å². The zero-order valence-corrected chi connectivity index (χ0v) is 8.90. The summed E-state index contributed by atoms with van der Waals surface area (Å²) >= 11 is 0.763. The maximum atomic E-state index is 12.6. The summed E-state index contributed by atoms with van der Waals surface area (Å²) in [6.07, 6.45) is -2.61. The van der Waals surface area contributed by atoms with Crippen molar-refractivity contribution < 1.29 is 22.3 Å². The summed E-state index contributed by atoms with van der Waals surface area (Å²) in [6, 6.07) is 5.02. The van der Waals surface area contributed by atoms with Gasteiger partial charge in [0.05, 0.1) is 0 Å². The van der Waals surface area contributed by atoms with Gasteiger partial charge >= 0.3 is 6.36 Å². The molecule has 1 aromatic heterocycles. The molecular weight excluding hydrogens is 258 g/mol. The number of benzene rings is 1. The number of thiazole rings is 1. The highest BCUT2D eigenvalue weighted by Gasteiger charge is 2.30. The van der Waals surface area contributed by atoms with E-state index in [-0.39, 0.29) is 5.75 Å². The van der Waals surface area contributed by atoms with E-state index in [2.05, 4.69) is 15.9 Å². The first kappa shape index (κ1) is 11.8. The Bertz CT molecular complexity index is 506. The monoisotopic (exact) mass is 262 g/mol. The van der Waals surface area contributed by atoms with Crippen molar-refractivity contribution in [3.05, 3.63) is 35.6 Å². The van der Waals surface area contributed by atoms with Gasteiger partial charge in [-0.3, -0.25) is 0 Å². The molecule has 0 bridgehead atoms. The predicted molar refractivity (Wildman–Crippen MR) is 53.0 cm³/mol. The van der Waals surface area contributed by atoms with E-state index in [1.165, 1.54) is 12.1 Å². The van der Waals surface area contributed by atoms with Crippen LogP contribution in [0.25, 0.3) is 10.6 Å². The van der Waals surface area contributed by atoms with Gasteiger partial charge in [-0.1, -0.05) is 11.3 Å². The SMILES string of the molecule is Fc1[c]nc(-c2ccc(OC(F)(F)F)cc2)s1. The van der Waals surface area contributed by atoms with Gasteiger partial charge in [-0.15, -0.1) is 13.2 Å². The Morgan fingerprint density at radius 2 is 1.82 bits per heavy atom. The fourth-order valence-corrected chi connectivity index (χ4v) is 1.75. The number of nitrogens with zero attached hydrogens (tertiary/aromatic N) is 1. The number of aromatic nitrogens is 1. The van der Waals surface area contributed by atoms with Crippen LogP contribution in [0.4, 0.5) is 17.6 Å². The molecule has 0 aliphatic heterocycles. The van der Waals surface area contributed by atoms with Crippen LogP contribution in [-0.4, -0.2) is 11.3 Å². The van der Waals surface area contributed by atoms with Crippen LogP contribution in [0.5, 0.6) is 5.75 Å². The molecule has 0 spiro atoms. The van der Waals surface area contributed by atoms with Crippen LogP contribution in [0.3, 0.4) is 0 Å². The van der Waals surface area contributed by atoms with Gasteiger partial charge in [0.25, 0.3) is 0 Å². The topological polar surface area (TPSA) is 22.1 Å². The normalized spacial score (nSPS) is 11.5. The standard InChI is InChI=1S/C10H4F4NOS/c11-8-5-15-9(17-8)6-1-3-7(4-2-6)16-10(12,13)14/h1-4H. The molecule has 0 unspecified atom stereocenters. The van der Waals surface area contributed by atoms with Crippen LogP contribution < -0.4 is 4.74 Å². The quantitative estimate of drug-likeness (QED) is 0.771. The fourth-order valence-electron chi connectivity index (χ4n) is 1.15. The summed E-state index contributed by atoms with van der Waals surface area (Å²) in [5, 5.41) is -0.225. The first-order valence-electron chi connectivity index (χ1n) is 4.34. The number of halogens is 4. The zero-order chi connectivity index (χ0) is 12.5. The molecule has 0 N–H and O–H groups in total. The van der Waals surface area contributed by atoms with E-state index >= 15 is 0 Å². The van der Waals surface area contributed by atoms with Crippen molar-refractivity contribution in [2.75, 3.05) is 0 Å². The third-order valence-electron chi connectivity index (χ3n) is 1.77. The van der Waals surface area contributed by atoms with Gasteiger partial charge < -0.3 is 4.74 Å². The van der Waals surface area contributed by atoms with Crippen LogP contribution >= 0.6 is 11.3 Å². The van der Waals surface area contributed by atoms with Crippen molar-refractivity contribution in [3.63, 3.8) is 0 Å². The largest absolute Gasteiger partial charge is 0.573 e. The Kier molecular flexibility index (Phi) is 3.01. The molecule has 0 amide bonds. The highest BCUT2D eigenvalue weighted by Crippen LogP contribution is 2.28. The lowest BCUT2D eigenvalue weighted by Gasteiger charge is -2.08. The van der Waals surface area contributed by atoms with Gasteiger partial charge in [-0.05, 0) is 24.3 Å². The minimum atomic E-state index is -4.72. The first-order chi connectivity index (χ1) is 7.94. The Morgan fingerprint density at radius 1 is 1.18 bits per heavy atom. The summed E-state index contributed by atoms with van der Waals surface area (Å²) in [6.45, 7) is 0. The predicted octanol–water partition coefficient (Wildman–Crippen LogP) is 3.65. The average Bonchev–Trinajstić information content (AvgIpc) is 2.63. The summed E-state index contributed by atoms with van der Waals surface area (Å²) in [7, 11) is 0. The second kappa shape index (κ2) is 4.33. The Morgan fingerprint density at radius 3 is 2.29 bits per heavy atom. The highest BCUT2D eigenvalue weighted by molar-refractivity contribution is 7.13. The van der Waals surface area contributed by atoms with E-state index in [0.29, 0.717) is 10.6 Å². The summed E-state index contributed by atoms with van der Waals surface area (Å²) in [5.41, 5.74) is 0.504. The molecule has 2 rings (SSSR count). The lowest BCUT2D eigenvalue weighted by molar-refractivity contribution is -0.274. The molecular formula is C10H4F4NOS. The molecule has 2 aromatic rings. The third kappa shape index (κ3) is 3.16. The third-order valence-corrected chi connectivity index (χ3v) is 2.56. The van der Waals surface area contributed by atoms with Gasteiger partial charge in [-0.2, -0.15) is 4.39 Å². The van der Waals surface area contributed by atoms with Gasteiger partial charge in [0.1, 0.15) is 17.0 Å². The van der Waals surface area contributed by atoms with E-state index in [1.54, 1.807) is 0 Å². The van der Waals surface area contributed by atoms with E-state index in [9.17, 15) is 17.6 Å². The summed E-state index contributed by atoms with van der Waals surface area (Å²) < 4.78 is 52.0. The average molecular weight is 262 g/mol. The molecule has 1 heterocycles. The minimum absolute atomic E-state index is 0.331. The van der Waals surface area contributed by atoms with E-state index in [0.717, 1.165) is 23.5 Å². The molecule has 0 aliphatic rings. The van der Waals surface area contributed by atoms with Crippen molar-refractivity contribution in [1.29, 1.82) is 0 Å². The molecule has 1 aromatic carbocycles. The second-order valence-electron chi connectivity index (χ2n) is 2.98. The molecule has 0 saturated carbocycles. The summed E-state index contributed by atoms with van der Waals surface area (Å²) in [5.74, 6) is -0.331. The summed E-state index contributed by atoms with van der Waals surface area (Å²) in [4.78, 5) is 3.65. The lowest BCUT2D eigenvalue weighted by atomic mass is 10.2. The fraction of sp³-hybridized carbons (Fsp3) is 0.100. The molecule has 0 aliphatic carbocycles. The number of ether oxygens (including phenoxy) is 1. The van der Waals surface area contributed by atoms with Crippen LogP contribution in [0.2, 0.25) is 0 Å². The van der Waals surface area contributed by atoms with Gasteiger partial charge in [-0.25, -0.2) is 4.98 Å². The van der Waals surface area contributed by atoms with Crippen molar-refractivity contribution in [3.8, 4) is 16.3 Å². The van der Waals surface area contributed by atoms with E-state index in [4.69, 9.17) is 0 Å². The van der Waals surface area contributed by atoms with Crippen molar-refractivity contribution in [2.24, 2.45) is 0 Å². The lowest BCUT2D eigenvalue weighted by Crippen LogP contribution is -2.16. The molecule has 0 saturated heterocycles. The molecule has 89 valence electrons. The van der Waals surface area contributed by atoms with Crippen molar-refractivity contribution in [1.82, 2.24) is 4.98 Å². The van der Waals surface area contributed by atoms with Crippen LogP contribution in [0.1, 0.15) is 0 Å². The van der Waals surface area contributed by atoms with Gasteiger partial charge in [0.15, 0.2) is 0 Å². The zero-order valence-electron chi connectivity index (χ0n) is 8.08. The van der Waals surface area contributed by atoms with Gasteiger partial charge in [0, 0.05) is 5.56 Å². The Labute approximate surface area is 97.5 Å². The Hall–Kier alpha value is -1.63. The molecule has 7 heteroatoms. The number of alkyl halides is 3. The minimum Gasteiger partial charge on any atom is -0.406 e. The number of hydrogen-bond donors (Lipinski definition) is 0. The number of hydrogen-bond acceptors (Lipinski definition) is 3. The first-order valence-corrected chi connectivity index (χ1v) is 5.16. The second-order valence-corrected chi connectivity index (χ2v) is 3.93. The van der Waals surface area contributed by atoms with Crippen LogP contribution in [0, 0.1) is 11.3 Å². The molecule has 0 atom stereocenters. The highest BCUT2D eigenvalue weighted by atomic mass is 32.1. The van der Waals surface area contributed by atoms with Crippen LogP contribution in [0.15, 0.2) is 24.3 Å². The maximum absolute atomic E-state index is 12.6. The number of rotatable bonds is 2. The molecule has 17 heavy (non-hydrogen) atoms. The molecule has 0 fully saturated rings. The van der Waals surface area contributed by atoms with Crippen molar-refractivity contribution >= 4 is 11.3 Å². The van der Waals surface area contributed by atoms with E-state index < -0.39 is 11.5 Å². The van der Waals surface area contributed by atoms with Crippen molar-refractivity contribution in [2.45, 2.75) is 6.36 Å². The maximum Gasteiger partial charge on any atom is 0.573 e. The molecule has 2 nitrogen and oxygen atoms in total. The Balaban J connectivity index is 2.19.